The summed E-state index contributed by atoms with van der Waals surface area (Å²) in [6, 6.07) is 6.54. The highest BCUT2D eigenvalue weighted by atomic mass is 15.2. The second-order valence-corrected chi connectivity index (χ2v) is 5.77. The van der Waals surface area contributed by atoms with Crippen LogP contribution in [0.15, 0.2) is 24.5 Å². The van der Waals surface area contributed by atoms with E-state index in [4.69, 9.17) is 0 Å². The van der Waals surface area contributed by atoms with Crippen molar-refractivity contribution in [2.45, 2.75) is 33.6 Å². The van der Waals surface area contributed by atoms with E-state index in [-0.39, 0.29) is 0 Å². The maximum absolute atomic E-state index is 4.52. The van der Waals surface area contributed by atoms with Gasteiger partial charge in [0.1, 0.15) is 18.0 Å². The molecule has 0 spiro atoms. The molecule has 0 unspecified atom stereocenters. The summed E-state index contributed by atoms with van der Waals surface area (Å²) in [5.41, 5.74) is 4.80. The van der Waals surface area contributed by atoms with E-state index in [9.17, 15) is 0 Å². The topological polar surface area (TPSA) is 41.1 Å². The third-order valence-corrected chi connectivity index (χ3v) is 3.59. The number of rotatable bonds is 4. The lowest BCUT2D eigenvalue weighted by Gasteiger charge is -2.24. The van der Waals surface area contributed by atoms with E-state index in [1.165, 1.54) is 11.1 Å². The Morgan fingerprint density at radius 3 is 2.19 bits per heavy atom. The van der Waals surface area contributed by atoms with Crippen molar-refractivity contribution in [2.75, 3.05) is 24.3 Å². The van der Waals surface area contributed by atoms with Crippen molar-refractivity contribution in [1.29, 1.82) is 0 Å². The van der Waals surface area contributed by atoms with Gasteiger partial charge in [0.25, 0.3) is 0 Å². The van der Waals surface area contributed by atoms with Crippen LogP contribution in [0.4, 0.5) is 17.3 Å². The summed E-state index contributed by atoms with van der Waals surface area (Å²) in [6.07, 6.45) is 1.62. The number of hydrogen-bond acceptors (Lipinski definition) is 4. The van der Waals surface area contributed by atoms with Gasteiger partial charge in [0, 0.05) is 25.3 Å². The zero-order valence-corrected chi connectivity index (χ0v) is 13.7. The molecular weight excluding hydrogens is 260 g/mol. The van der Waals surface area contributed by atoms with Gasteiger partial charge in [0.2, 0.25) is 0 Å². The van der Waals surface area contributed by atoms with Crippen LogP contribution < -0.4 is 10.2 Å². The first-order valence-corrected chi connectivity index (χ1v) is 7.28. The van der Waals surface area contributed by atoms with Crippen LogP contribution in [0.5, 0.6) is 0 Å². The van der Waals surface area contributed by atoms with E-state index in [0.717, 1.165) is 22.9 Å². The van der Waals surface area contributed by atoms with Crippen molar-refractivity contribution in [3.63, 3.8) is 0 Å². The van der Waals surface area contributed by atoms with Crippen LogP contribution in [-0.2, 0) is 0 Å². The van der Waals surface area contributed by atoms with E-state index in [2.05, 4.69) is 73.1 Å². The van der Waals surface area contributed by atoms with Crippen LogP contribution in [0.3, 0.4) is 0 Å². The van der Waals surface area contributed by atoms with Gasteiger partial charge in [-0.2, -0.15) is 0 Å². The first-order valence-electron chi connectivity index (χ1n) is 7.28. The van der Waals surface area contributed by atoms with Crippen molar-refractivity contribution >= 4 is 17.3 Å². The minimum absolute atomic E-state index is 0.344. The molecule has 0 fully saturated rings. The van der Waals surface area contributed by atoms with E-state index >= 15 is 0 Å². The zero-order chi connectivity index (χ0) is 15.6. The third kappa shape index (κ3) is 3.15. The molecule has 0 atom stereocenters. The van der Waals surface area contributed by atoms with Crippen LogP contribution in [0.2, 0.25) is 0 Å². The normalized spacial score (nSPS) is 10.8. The Kier molecular flexibility index (Phi) is 4.46. The molecule has 1 heterocycles. The van der Waals surface area contributed by atoms with Gasteiger partial charge in [0.05, 0.1) is 0 Å². The summed E-state index contributed by atoms with van der Waals surface area (Å²) in [5.74, 6) is 2.19. The summed E-state index contributed by atoms with van der Waals surface area (Å²) >= 11 is 0. The number of nitrogens with zero attached hydrogens (tertiary/aromatic N) is 3. The second kappa shape index (κ2) is 6.12. The van der Waals surface area contributed by atoms with Gasteiger partial charge < -0.3 is 10.2 Å². The van der Waals surface area contributed by atoms with Crippen molar-refractivity contribution in [1.82, 2.24) is 9.97 Å². The molecule has 0 saturated carbocycles. The first-order chi connectivity index (χ1) is 9.93. The lowest BCUT2D eigenvalue weighted by atomic mass is 10.0. The van der Waals surface area contributed by atoms with E-state index in [1.807, 2.05) is 7.05 Å². The summed E-state index contributed by atoms with van der Waals surface area (Å²) in [6.45, 7) is 8.57. The van der Waals surface area contributed by atoms with Gasteiger partial charge in [-0.15, -0.1) is 0 Å². The SMILES string of the molecule is CNc1ncnc(N(C)c2cc(C)cc(C)c2)c1C(C)C. The quantitative estimate of drug-likeness (QED) is 0.920. The van der Waals surface area contributed by atoms with Crippen LogP contribution >= 0.6 is 0 Å². The molecule has 1 aromatic heterocycles. The summed E-state index contributed by atoms with van der Waals surface area (Å²) in [5, 5.41) is 3.17. The fourth-order valence-electron chi connectivity index (χ4n) is 2.65. The first kappa shape index (κ1) is 15.3. The average Bonchev–Trinajstić information content (AvgIpc) is 2.44. The Bertz CT molecular complexity index is 614. The monoisotopic (exact) mass is 284 g/mol. The Balaban J connectivity index is 2.55. The number of benzene rings is 1. The minimum atomic E-state index is 0.344. The number of hydrogen-bond donors (Lipinski definition) is 1. The van der Waals surface area contributed by atoms with Crippen molar-refractivity contribution in [2.24, 2.45) is 0 Å². The van der Waals surface area contributed by atoms with Crippen LogP contribution in [0.1, 0.15) is 36.5 Å². The van der Waals surface area contributed by atoms with Gasteiger partial charge >= 0.3 is 0 Å². The maximum Gasteiger partial charge on any atom is 0.141 e. The lowest BCUT2D eigenvalue weighted by molar-refractivity contribution is 0.841. The summed E-state index contributed by atoms with van der Waals surface area (Å²) in [7, 11) is 3.96. The highest BCUT2D eigenvalue weighted by molar-refractivity contribution is 5.68. The van der Waals surface area contributed by atoms with Crippen LogP contribution in [-0.4, -0.2) is 24.1 Å². The van der Waals surface area contributed by atoms with Gasteiger partial charge in [-0.1, -0.05) is 19.9 Å². The molecular formula is C17H24N4. The Hall–Kier alpha value is -2.10. The fourth-order valence-corrected chi connectivity index (χ4v) is 2.65. The standard InChI is InChI=1S/C17H24N4/c1-11(2)15-16(18-5)19-10-20-17(15)21(6)14-8-12(3)7-13(4)9-14/h7-11H,1-6H3,(H,18,19,20). The Morgan fingerprint density at radius 2 is 1.67 bits per heavy atom. The molecule has 4 heteroatoms. The molecule has 0 saturated heterocycles. The molecule has 0 aliphatic heterocycles. The molecule has 0 radical (unpaired) electrons. The molecule has 0 aliphatic carbocycles. The number of aryl methyl sites for hydroxylation is 2. The highest BCUT2D eigenvalue weighted by Crippen LogP contribution is 2.34. The van der Waals surface area contributed by atoms with Crippen molar-refractivity contribution in [3.05, 3.63) is 41.2 Å². The number of aromatic nitrogens is 2. The molecule has 1 aromatic carbocycles. The predicted octanol–water partition coefficient (Wildman–Crippen LogP) is 4.03. The fraction of sp³-hybridized carbons (Fsp3) is 0.412. The zero-order valence-electron chi connectivity index (χ0n) is 13.7. The number of anilines is 3. The van der Waals surface area contributed by atoms with E-state index in [0.29, 0.717) is 5.92 Å². The van der Waals surface area contributed by atoms with Crippen molar-refractivity contribution < 1.29 is 0 Å². The van der Waals surface area contributed by atoms with Gasteiger partial charge in [-0.05, 0) is 43.0 Å². The molecule has 2 rings (SSSR count). The van der Waals surface area contributed by atoms with E-state index in [1.54, 1.807) is 6.33 Å². The van der Waals surface area contributed by atoms with E-state index < -0.39 is 0 Å². The Morgan fingerprint density at radius 1 is 1.05 bits per heavy atom. The molecule has 112 valence electrons. The molecule has 0 amide bonds. The molecule has 4 nitrogen and oxygen atoms in total. The smallest absolute Gasteiger partial charge is 0.141 e. The van der Waals surface area contributed by atoms with Crippen molar-refractivity contribution in [3.8, 4) is 0 Å². The molecule has 0 aliphatic rings. The second-order valence-electron chi connectivity index (χ2n) is 5.77. The van der Waals surface area contributed by atoms with Gasteiger partial charge in [-0.25, -0.2) is 9.97 Å². The highest BCUT2D eigenvalue weighted by Gasteiger charge is 2.18. The molecule has 0 bridgehead atoms. The van der Waals surface area contributed by atoms with Gasteiger partial charge in [-0.3, -0.25) is 0 Å². The van der Waals surface area contributed by atoms with Crippen LogP contribution in [0, 0.1) is 13.8 Å². The number of nitrogens with one attached hydrogen (secondary N) is 1. The van der Waals surface area contributed by atoms with Gasteiger partial charge in [0.15, 0.2) is 0 Å². The molecule has 2 aromatic rings. The predicted molar refractivity (Wildman–Crippen MR) is 89.6 cm³/mol. The summed E-state index contributed by atoms with van der Waals surface area (Å²) < 4.78 is 0. The summed E-state index contributed by atoms with van der Waals surface area (Å²) in [4.78, 5) is 11.0. The minimum Gasteiger partial charge on any atom is -0.373 e. The third-order valence-electron chi connectivity index (χ3n) is 3.59. The molecule has 1 N–H and O–H groups in total. The largest absolute Gasteiger partial charge is 0.373 e. The lowest BCUT2D eigenvalue weighted by Crippen LogP contribution is -2.16. The van der Waals surface area contributed by atoms with Crippen LogP contribution in [0.25, 0.3) is 0 Å². The average molecular weight is 284 g/mol. The molecule has 21 heavy (non-hydrogen) atoms. The Labute approximate surface area is 127 Å². The maximum atomic E-state index is 4.52.